The van der Waals surface area contributed by atoms with Crippen molar-refractivity contribution in [2.45, 2.75) is 31.7 Å². The summed E-state index contributed by atoms with van der Waals surface area (Å²) < 4.78 is 5.05. The number of amides is 2. The Hall–Kier alpha value is -2.38. The molecule has 0 bridgehead atoms. The van der Waals surface area contributed by atoms with Crippen LogP contribution in [0.25, 0.3) is 0 Å². The van der Waals surface area contributed by atoms with Gasteiger partial charge in [-0.2, -0.15) is 0 Å². The van der Waals surface area contributed by atoms with Gasteiger partial charge in [-0.1, -0.05) is 0 Å². The van der Waals surface area contributed by atoms with Crippen molar-refractivity contribution in [2.24, 2.45) is 0 Å². The van der Waals surface area contributed by atoms with Crippen molar-refractivity contribution in [1.82, 2.24) is 19.8 Å². The molecule has 1 atom stereocenters. The molecule has 0 saturated carbocycles. The van der Waals surface area contributed by atoms with E-state index in [4.69, 9.17) is 10.5 Å². The number of fused-ring (bicyclic) bond motifs is 2. The fourth-order valence-electron chi connectivity index (χ4n) is 3.61. The molecule has 1 aromatic heterocycles. The minimum Gasteiger partial charge on any atom is -0.447 e. The van der Waals surface area contributed by atoms with Crippen molar-refractivity contribution in [3.05, 3.63) is 17.0 Å². The van der Waals surface area contributed by atoms with Crippen LogP contribution in [0.3, 0.4) is 0 Å². The summed E-state index contributed by atoms with van der Waals surface area (Å²) in [7, 11) is 0. The molecule has 1 aromatic rings. The zero-order valence-electron chi connectivity index (χ0n) is 12.8. The molecule has 2 amide bonds. The maximum atomic E-state index is 12.9. The molecule has 3 aliphatic rings. The number of nitrogens with two attached hydrogens (primary N) is 1. The molecular formula is C15H19N5O3. The Morgan fingerprint density at radius 3 is 2.91 bits per heavy atom. The Morgan fingerprint density at radius 1 is 1.22 bits per heavy atom. The largest absolute Gasteiger partial charge is 0.447 e. The van der Waals surface area contributed by atoms with E-state index < -0.39 is 0 Å². The first-order valence-corrected chi connectivity index (χ1v) is 8.01. The summed E-state index contributed by atoms with van der Waals surface area (Å²) in [6.45, 7) is 1.80. The number of ether oxygens (including phenoxy) is 1. The van der Waals surface area contributed by atoms with E-state index in [9.17, 15) is 9.59 Å². The van der Waals surface area contributed by atoms with Gasteiger partial charge in [-0.3, -0.25) is 9.69 Å². The van der Waals surface area contributed by atoms with E-state index in [0.717, 1.165) is 36.9 Å². The molecule has 0 spiro atoms. The van der Waals surface area contributed by atoms with E-state index in [0.29, 0.717) is 31.9 Å². The Bertz CT molecular complexity index is 677. The molecule has 1 unspecified atom stereocenters. The number of aryl methyl sites for hydroxylation is 1. The highest BCUT2D eigenvalue weighted by molar-refractivity contribution is 5.94. The van der Waals surface area contributed by atoms with Crippen molar-refractivity contribution in [3.63, 3.8) is 0 Å². The second-order valence-electron chi connectivity index (χ2n) is 6.24. The number of piperazine rings is 1. The molecule has 3 heterocycles. The van der Waals surface area contributed by atoms with Crippen molar-refractivity contribution in [1.29, 1.82) is 0 Å². The molecule has 8 nitrogen and oxygen atoms in total. The summed E-state index contributed by atoms with van der Waals surface area (Å²) >= 11 is 0. The number of aromatic nitrogens is 2. The highest BCUT2D eigenvalue weighted by Gasteiger charge is 2.39. The first kappa shape index (κ1) is 14.2. The molecule has 122 valence electrons. The quantitative estimate of drug-likeness (QED) is 0.794. The van der Waals surface area contributed by atoms with Crippen molar-refractivity contribution in [2.75, 3.05) is 32.0 Å². The molecule has 23 heavy (non-hydrogen) atoms. The lowest BCUT2D eigenvalue weighted by atomic mass is 9.94. The number of carbonyl (C=O) groups is 2. The third-order valence-corrected chi connectivity index (χ3v) is 4.81. The molecule has 0 aromatic carbocycles. The smallest absolute Gasteiger partial charge is 0.410 e. The predicted molar refractivity (Wildman–Crippen MR) is 80.8 cm³/mol. The van der Waals surface area contributed by atoms with Crippen LogP contribution in [0.4, 0.5) is 10.7 Å². The average Bonchev–Trinajstić information content (AvgIpc) is 2.94. The predicted octanol–water partition coefficient (Wildman–Crippen LogP) is 0.214. The van der Waals surface area contributed by atoms with Crippen molar-refractivity contribution >= 4 is 17.9 Å². The van der Waals surface area contributed by atoms with Crippen LogP contribution >= 0.6 is 0 Å². The highest BCUT2D eigenvalue weighted by atomic mass is 16.6. The third-order valence-electron chi connectivity index (χ3n) is 4.81. The van der Waals surface area contributed by atoms with Crippen LogP contribution in [0.5, 0.6) is 0 Å². The van der Waals surface area contributed by atoms with Gasteiger partial charge in [0.25, 0.3) is 5.91 Å². The minimum atomic E-state index is -0.286. The fourth-order valence-corrected chi connectivity index (χ4v) is 3.61. The van der Waals surface area contributed by atoms with Gasteiger partial charge >= 0.3 is 6.09 Å². The average molecular weight is 317 g/mol. The van der Waals surface area contributed by atoms with Gasteiger partial charge in [0.2, 0.25) is 5.95 Å². The van der Waals surface area contributed by atoms with Gasteiger partial charge in [0.15, 0.2) is 0 Å². The molecule has 8 heteroatoms. The number of hydrogen-bond donors (Lipinski definition) is 1. The number of nitrogens with zero attached hydrogens (tertiary/aromatic N) is 4. The van der Waals surface area contributed by atoms with Crippen LogP contribution in [0, 0.1) is 0 Å². The number of anilines is 1. The summed E-state index contributed by atoms with van der Waals surface area (Å²) in [5.41, 5.74) is 8.07. The van der Waals surface area contributed by atoms with Crippen molar-refractivity contribution in [3.8, 4) is 0 Å². The molecular weight excluding hydrogens is 298 g/mol. The van der Waals surface area contributed by atoms with E-state index in [-0.39, 0.29) is 24.0 Å². The molecule has 2 N–H and O–H groups in total. The summed E-state index contributed by atoms with van der Waals surface area (Å²) in [6.07, 6.45) is 3.49. The zero-order chi connectivity index (χ0) is 16.0. The second-order valence-corrected chi connectivity index (χ2v) is 6.24. The van der Waals surface area contributed by atoms with Crippen molar-refractivity contribution < 1.29 is 14.3 Å². The Morgan fingerprint density at radius 2 is 2.04 bits per heavy atom. The SMILES string of the molecule is Nc1nc2c(c(C(=O)N3CCN4C(=O)OCC4C3)n1)CCCC2. The molecule has 2 aliphatic heterocycles. The van der Waals surface area contributed by atoms with E-state index >= 15 is 0 Å². The van der Waals surface area contributed by atoms with Gasteiger partial charge in [0.05, 0.1) is 6.04 Å². The van der Waals surface area contributed by atoms with Crippen LogP contribution in [0.2, 0.25) is 0 Å². The lowest BCUT2D eigenvalue weighted by Gasteiger charge is -2.35. The summed E-state index contributed by atoms with van der Waals surface area (Å²) in [5, 5.41) is 0. The fraction of sp³-hybridized carbons (Fsp3) is 0.600. The second kappa shape index (κ2) is 5.36. The van der Waals surface area contributed by atoms with Gasteiger partial charge in [-0.05, 0) is 25.7 Å². The van der Waals surface area contributed by atoms with Gasteiger partial charge in [-0.15, -0.1) is 0 Å². The van der Waals surface area contributed by atoms with E-state index in [1.807, 2.05) is 0 Å². The summed E-state index contributed by atoms with van der Waals surface area (Å²) in [5.74, 6) is 0.0447. The maximum Gasteiger partial charge on any atom is 0.410 e. The van der Waals surface area contributed by atoms with Gasteiger partial charge in [0.1, 0.15) is 12.3 Å². The first-order valence-electron chi connectivity index (χ1n) is 8.01. The first-order chi connectivity index (χ1) is 11.1. The van der Waals surface area contributed by atoms with Crippen LogP contribution in [-0.4, -0.2) is 64.1 Å². The number of cyclic esters (lactones) is 1. The standard InChI is InChI=1S/C15H19N5O3/c16-14-17-11-4-2-1-3-10(11)12(18-14)13(21)19-5-6-20-9(7-19)8-23-15(20)22/h9H,1-8H2,(H2,16,17,18). The third kappa shape index (κ3) is 2.38. The normalized spacial score (nSPS) is 23.3. The number of carbonyl (C=O) groups excluding carboxylic acids is 2. The number of rotatable bonds is 1. The van der Waals surface area contributed by atoms with E-state index in [1.54, 1.807) is 9.80 Å². The molecule has 0 radical (unpaired) electrons. The highest BCUT2D eigenvalue weighted by Crippen LogP contribution is 2.25. The topological polar surface area (TPSA) is 102 Å². The van der Waals surface area contributed by atoms with Gasteiger partial charge in [-0.25, -0.2) is 14.8 Å². The van der Waals surface area contributed by atoms with Crippen LogP contribution in [0.15, 0.2) is 0 Å². The maximum absolute atomic E-state index is 12.9. The van der Waals surface area contributed by atoms with Gasteiger partial charge < -0.3 is 15.4 Å². The van der Waals surface area contributed by atoms with Crippen LogP contribution < -0.4 is 5.73 Å². The minimum absolute atomic E-state index is 0.0600. The molecule has 1 aliphatic carbocycles. The van der Waals surface area contributed by atoms with Crippen LogP contribution in [0.1, 0.15) is 34.6 Å². The van der Waals surface area contributed by atoms with E-state index in [2.05, 4.69) is 9.97 Å². The summed E-state index contributed by atoms with van der Waals surface area (Å²) in [4.78, 5) is 36.4. The monoisotopic (exact) mass is 317 g/mol. The Kier molecular flexibility index (Phi) is 3.32. The molecule has 2 saturated heterocycles. The Balaban J connectivity index is 1.60. The van der Waals surface area contributed by atoms with Gasteiger partial charge in [0, 0.05) is 30.9 Å². The lowest BCUT2D eigenvalue weighted by Crippen LogP contribution is -2.54. The zero-order valence-corrected chi connectivity index (χ0v) is 12.8. The summed E-state index contributed by atoms with van der Waals surface area (Å²) in [6, 6.07) is -0.0600. The lowest BCUT2D eigenvalue weighted by molar-refractivity contribution is 0.0609. The van der Waals surface area contributed by atoms with E-state index in [1.165, 1.54) is 0 Å². The molecule has 4 rings (SSSR count). The number of hydrogen-bond acceptors (Lipinski definition) is 6. The Labute approximate surface area is 133 Å². The number of nitrogen functional groups attached to an aromatic ring is 1. The molecule has 2 fully saturated rings. The van der Waals surface area contributed by atoms with Crippen LogP contribution in [-0.2, 0) is 17.6 Å².